The van der Waals surface area contributed by atoms with E-state index in [1.54, 1.807) is 0 Å². The molecule has 0 atom stereocenters. The summed E-state index contributed by atoms with van der Waals surface area (Å²) in [6.45, 7) is 0.375. The minimum absolute atomic E-state index is 0. The predicted octanol–water partition coefficient (Wildman–Crippen LogP) is -3.22. The summed E-state index contributed by atoms with van der Waals surface area (Å²) >= 11 is 0. The second-order valence-electron chi connectivity index (χ2n) is 1.85. The SMILES string of the molecule is NCCNC(C(=O)O)C(=O)O.[NaH].[NaH]. The number of hydrogen-bond acceptors (Lipinski definition) is 4. The van der Waals surface area contributed by atoms with E-state index in [0.717, 1.165) is 0 Å². The second kappa shape index (κ2) is 10.9. The van der Waals surface area contributed by atoms with Crippen LogP contribution in [-0.4, -0.2) is 100 Å². The van der Waals surface area contributed by atoms with E-state index in [4.69, 9.17) is 15.9 Å². The molecule has 0 saturated carbocycles. The van der Waals surface area contributed by atoms with Gasteiger partial charge in [0.1, 0.15) is 0 Å². The van der Waals surface area contributed by atoms with Gasteiger partial charge in [-0.3, -0.25) is 5.32 Å². The quantitative estimate of drug-likeness (QED) is 0.280. The molecular weight excluding hydrogens is 198 g/mol. The van der Waals surface area contributed by atoms with E-state index in [1.165, 1.54) is 0 Å². The predicted molar refractivity (Wildman–Crippen MR) is 50.4 cm³/mol. The van der Waals surface area contributed by atoms with Gasteiger partial charge in [0.05, 0.1) is 0 Å². The molecule has 8 heteroatoms. The van der Waals surface area contributed by atoms with E-state index < -0.39 is 18.0 Å². The van der Waals surface area contributed by atoms with Gasteiger partial charge in [0.15, 0.2) is 0 Å². The molecule has 0 spiro atoms. The van der Waals surface area contributed by atoms with E-state index in [9.17, 15) is 9.59 Å². The first kappa shape index (κ1) is 19.4. The number of rotatable bonds is 5. The van der Waals surface area contributed by atoms with E-state index in [0.29, 0.717) is 0 Å². The zero-order valence-corrected chi connectivity index (χ0v) is 5.78. The van der Waals surface area contributed by atoms with Crippen LogP contribution in [0.1, 0.15) is 0 Å². The van der Waals surface area contributed by atoms with Crippen molar-refractivity contribution in [2.45, 2.75) is 6.04 Å². The number of nitrogens with one attached hydrogen (secondary N) is 1. The number of carboxylic acid groups (broad SMARTS) is 2. The Kier molecular flexibility index (Phi) is 16.4. The molecule has 0 aliphatic heterocycles. The Hall–Kier alpha value is 0.860. The van der Waals surface area contributed by atoms with Crippen molar-refractivity contribution >= 4 is 71.1 Å². The molecule has 0 heterocycles. The van der Waals surface area contributed by atoms with Crippen LogP contribution in [0.5, 0.6) is 0 Å². The molecule has 0 aromatic heterocycles. The fraction of sp³-hybridized carbons (Fsp3) is 0.600. The third-order valence-electron chi connectivity index (χ3n) is 0.987. The van der Waals surface area contributed by atoms with Crippen molar-refractivity contribution < 1.29 is 19.8 Å². The van der Waals surface area contributed by atoms with Gasteiger partial charge in [0, 0.05) is 13.1 Å². The summed E-state index contributed by atoms with van der Waals surface area (Å²) in [5, 5.41) is 18.8. The van der Waals surface area contributed by atoms with Gasteiger partial charge in [0.25, 0.3) is 0 Å². The van der Waals surface area contributed by atoms with Gasteiger partial charge >= 0.3 is 71.1 Å². The van der Waals surface area contributed by atoms with Gasteiger partial charge in [-0.25, -0.2) is 9.59 Å². The van der Waals surface area contributed by atoms with E-state index in [-0.39, 0.29) is 72.2 Å². The van der Waals surface area contributed by atoms with Crippen LogP contribution < -0.4 is 11.1 Å². The van der Waals surface area contributed by atoms with Crippen LogP contribution in [0.25, 0.3) is 0 Å². The van der Waals surface area contributed by atoms with E-state index >= 15 is 0 Å². The van der Waals surface area contributed by atoms with Crippen LogP contribution in [0.4, 0.5) is 0 Å². The van der Waals surface area contributed by atoms with Crippen molar-refractivity contribution in [3.05, 3.63) is 0 Å². The topological polar surface area (TPSA) is 113 Å². The summed E-state index contributed by atoms with van der Waals surface area (Å²) in [6, 6.07) is -1.56. The van der Waals surface area contributed by atoms with Gasteiger partial charge in [-0.05, 0) is 0 Å². The molecule has 0 amide bonds. The Bertz CT molecular complexity index is 153. The number of aliphatic carboxylic acids is 2. The Balaban J connectivity index is -0.000000500. The normalized spacial score (nSPS) is 8.46. The number of nitrogens with two attached hydrogens (primary N) is 1. The zero-order chi connectivity index (χ0) is 8.85. The standard InChI is InChI=1S/C5H10N2O4.2Na.2H/c6-1-2-7-3(4(8)9)5(10)11;;;;/h3,7H,1-2,6H2,(H,8,9)(H,10,11);;;;. The Labute approximate surface area is 120 Å². The number of carbonyl (C=O) groups is 2. The molecular formula is C5H12N2Na2O4. The third kappa shape index (κ3) is 9.17. The molecule has 13 heavy (non-hydrogen) atoms. The van der Waals surface area contributed by atoms with Crippen LogP contribution in [0.2, 0.25) is 0 Å². The Morgan fingerprint density at radius 2 is 1.62 bits per heavy atom. The van der Waals surface area contributed by atoms with Gasteiger partial charge in [-0.1, -0.05) is 0 Å². The third-order valence-corrected chi connectivity index (χ3v) is 0.987. The van der Waals surface area contributed by atoms with Gasteiger partial charge in [0.2, 0.25) is 6.04 Å². The van der Waals surface area contributed by atoms with Crippen molar-refractivity contribution in [3.8, 4) is 0 Å². The van der Waals surface area contributed by atoms with Crippen LogP contribution in [0, 0.1) is 0 Å². The van der Waals surface area contributed by atoms with Gasteiger partial charge in [-0.2, -0.15) is 0 Å². The molecule has 0 saturated heterocycles. The molecule has 0 aromatic rings. The maximum absolute atomic E-state index is 10.2. The average molecular weight is 210 g/mol. The van der Waals surface area contributed by atoms with Crippen molar-refractivity contribution in [1.29, 1.82) is 0 Å². The van der Waals surface area contributed by atoms with Crippen LogP contribution in [0.3, 0.4) is 0 Å². The van der Waals surface area contributed by atoms with Crippen molar-refractivity contribution in [1.82, 2.24) is 5.32 Å². The fourth-order valence-electron chi connectivity index (χ4n) is 0.508. The first-order valence-corrected chi connectivity index (χ1v) is 2.98. The van der Waals surface area contributed by atoms with Crippen LogP contribution in [-0.2, 0) is 9.59 Å². The van der Waals surface area contributed by atoms with E-state index in [2.05, 4.69) is 5.32 Å². The molecule has 0 bridgehead atoms. The molecule has 0 fully saturated rings. The summed E-state index contributed by atoms with van der Waals surface area (Å²) in [5.74, 6) is -2.82. The number of hydrogen-bond donors (Lipinski definition) is 4. The molecule has 0 aliphatic rings. The summed E-state index contributed by atoms with van der Waals surface area (Å²) in [7, 11) is 0. The average Bonchev–Trinajstić information content (AvgIpc) is 1.87. The van der Waals surface area contributed by atoms with E-state index in [1.807, 2.05) is 0 Å². The van der Waals surface area contributed by atoms with Gasteiger partial charge < -0.3 is 15.9 Å². The summed E-state index contributed by atoms with van der Waals surface area (Å²) in [4.78, 5) is 20.3. The molecule has 0 aromatic carbocycles. The number of carboxylic acids is 2. The van der Waals surface area contributed by atoms with Crippen LogP contribution in [0.15, 0.2) is 0 Å². The Morgan fingerprint density at radius 3 is 1.85 bits per heavy atom. The van der Waals surface area contributed by atoms with Crippen molar-refractivity contribution in [2.75, 3.05) is 13.1 Å². The fourth-order valence-corrected chi connectivity index (χ4v) is 0.508. The van der Waals surface area contributed by atoms with Crippen molar-refractivity contribution in [2.24, 2.45) is 5.73 Å². The maximum atomic E-state index is 10.2. The minimum atomic E-state index is -1.56. The van der Waals surface area contributed by atoms with Gasteiger partial charge in [-0.15, -0.1) is 0 Å². The summed E-state index contributed by atoms with van der Waals surface area (Å²) in [5.41, 5.74) is 5.03. The molecule has 68 valence electrons. The van der Waals surface area contributed by atoms with Crippen LogP contribution >= 0.6 is 0 Å². The van der Waals surface area contributed by atoms with Crippen molar-refractivity contribution in [3.63, 3.8) is 0 Å². The first-order valence-electron chi connectivity index (χ1n) is 2.98. The summed E-state index contributed by atoms with van der Waals surface area (Å²) in [6.07, 6.45) is 0. The molecule has 0 rings (SSSR count). The second-order valence-corrected chi connectivity index (χ2v) is 1.85. The molecule has 6 nitrogen and oxygen atoms in total. The molecule has 5 N–H and O–H groups in total. The first-order chi connectivity index (χ1) is 5.09. The zero-order valence-electron chi connectivity index (χ0n) is 5.78. The monoisotopic (exact) mass is 210 g/mol. The molecule has 0 unspecified atom stereocenters. The molecule has 0 radical (unpaired) electrons. The Morgan fingerprint density at radius 1 is 1.23 bits per heavy atom. The molecule has 0 aliphatic carbocycles. The summed E-state index contributed by atoms with van der Waals surface area (Å²) < 4.78 is 0.